The molecule has 0 N–H and O–H groups in total. The second-order valence-electron chi connectivity index (χ2n) is 10.1. The molecule has 5 rings (SSSR count). The Bertz CT molecular complexity index is 1370. The maximum absolute atomic E-state index is 13.7. The van der Waals surface area contributed by atoms with Crippen molar-refractivity contribution in [1.29, 1.82) is 5.26 Å². The van der Waals surface area contributed by atoms with E-state index >= 15 is 0 Å². The van der Waals surface area contributed by atoms with Crippen molar-refractivity contribution in [1.82, 2.24) is 19.2 Å². The van der Waals surface area contributed by atoms with Crippen LogP contribution in [0.25, 0.3) is 28.0 Å². The number of rotatable bonds is 8. The molecule has 1 aliphatic carbocycles. The number of hydrogen-bond donors (Lipinski definition) is 0. The van der Waals surface area contributed by atoms with Crippen molar-refractivity contribution in [2.45, 2.75) is 51.2 Å². The van der Waals surface area contributed by atoms with Crippen LogP contribution >= 0.6 is 0 Å². The van der Waals surface area contributed by atoms with Gasteiger partial charge in [0.25, 0.3) is 0 Å². The Kier molecular flexibility index (Phi) is 5.84. The van der Waals surface area contributed by atoms with Crippen molar-refractivity contribution in [3.8, 4) is 28.5 Å². The fourth-order valence-electron chi connectivity index (χ4n) is 4.18. The highest BCUT2D eigenvalue weighted by Crippen LogP contribution is 2.47. The molecule has 1 aromatic carbocycles. The number of benzene rings is 1. The molecule has 3 heterocycles. The molecular weight excluding hydrogens is 445 g/mol. The van der Waals surface area contributed by atoms with Gasteiger partial charge in [-0.3, -0.25) is 4.40 Å². The number of nitrogens with zero attached hydrogens (tertiary/aromatic N) is 5. The second kappa shape index (κ2) is 8.82. The summed E-state index contributed by atoms with van der Waals surface area (Å²) < 4.78 is 23.6. The summed E-state index contributed by atoms with van der Waals surface area (Å²) in [7, 11) is -1.19. The standard InChI is InChI=1S/C26H28FN5OSi/c1-34(2,3)13-12-33-17-32-26(19-4-5-19)24(25(30-32)18-6-9-21(27)10-7-18)20-8-11-23-29-15-22(14-28)31(23)16-20/h6-11,15-16,19H,4-5,12-13,17H2,1-3H3. The summed E-state index contributed by atoms with van der Waals surface area (Å²) in [4.78, 5) is 4.32. The highest BCUT2D eigenvalue weighted by atomic mass is 28.3. The maximum atomic E-state index is 13.7. The van der Waals surface area contributed by atoms with Gasteiger partial charge in [-0.2, -0.15) is 10.4 Å². The van der Waals surface area contributed by atoms with Crippen LogP contribution in [0.4, 0.5) is 4.39 Å². The summed E-state index contributed by atoms with van der Waals surface area (Å²) in [6, 6.07) is 13.7. The Hall–Kier alpha value is -3.28. The fourth-order valence-corrected chi connectivity index (χ4v) is 4.94. The minimum absolute atomic E-state index is 0.277. The molecule has 3 aromatic heterocycles. The monoisotopic (exact) mass is 473 g/mol. The number of fused-ring (bicyclic) bond motifs is 1. The number of pyridine rings is 1. The maximum Gasteiger partial charge on any atom is 0.144 e. The Morgan fingerprint density at radius 3 is 2.53 bits per heavy atom. The number of ether oxygens (including phenoxy) is 1. The summed E-state index contributed by atoms with van der Waals surface area (Å²) in [5.41, 5.74) is 5.97. The van der Waals surface area contributed by atoms with Crippen LogP contribution in [0.1, 0.15) is 30.1 Å². The first-order valence-electron chi connectivity index (χ1n) is 11.7. The van der Waals surface area contributed by atoms with E-state index < -0.39 is 8.07 Å². The van der Waals surface area contributed by atoms with Crippen molar-refractivity contribution in [2.75, 3.05) is 6.61 Å². The predicted molar refractivity (Wildman–Crippen MR) is 133 cm³/mol. The average molecular weight is 474 g/mol. The molecule has 0 bridgehead atoms. The lowest BCUT2D eigenvalue weighted by atomic mass is 9.98. The lowest BCUT2D eigenvalue weighted by Gasteiger charge is -2.16. The van der Waals surface area contributed by atoms with Gasteiger partial charge in [0.1, 0.15) is 35.7 Å². The van der Waals surface area contributed by atoms with Gasteiger partial charge in [0.05, 0.1) is 11.9 Å². The zero-order chi connectivity index (χ0) is 23.9. The largest absolute Gasteiger partial charge is 0.360 e. The van der Waals surface area contributed by atoms with Crippen LogP contribution in [-0.2, 0) is 11.5 Å². The zero-order valence-corrected chi connectivity index (χ0v) is 20.8. The van der Waals surface area contributed by atoms with E-state index in [2.05, 4.69) is 30.7 Å². The first kappa shape index (κ1) is 22.5. The van der Waals surface area contributed by atoms with E-state index in [1.165, 1.54) is 12.1 Å². The summed E-state index contributed by atoms with van der Waals surface area (Å²) in [6.45, 7) is 8.12. The molecule has 174 valence electrons. The van der Waals surface area contributed by atoms with Crippen LogP contribution in [0.3, 0.4) is 0 Å². The molecule has 0 aliphatic heterocycles. The molecule has 1 saturated carbocycles. The quantitative estimate of drug-likeness (QED) is 0.230. The summed E-state index contributed by atoms with van der Waals surface area (Å²) in [5, 5.41) is 14.5. The summed E-state index contributed by atoms with van der Waals surface area (Å²) in [6.07, 6.45) is 5.74. The Labute approximate surface area is 199 Å². The van der Waals surface area contributed by atoms with Crippen LogP contribution < -0.4 is 0 Å². The highest BCUT2D eigenvalue weighted by Gasteiger charge is 2.33. The van der Waals surface area contributed by atoms with Gasteiger partial charge in [-0.25, -0.2) is 14.1 Å². The third kappa shape index (κ3) is 4.54. The molecule has 0 unspecified atom stereocenters. The second-order valence-corrected chi connectivity index (χ2v) is 15.8. The molecule has 0 saturated heterocycles. The Balaban J connectivity index is 1.62. The molecule has 8 heteroatoms. The molecule has 0 amide bonds. The van der Waals surface area contributed by atoms with Crippen molar-refractivity contribution in [2.24, 2.45) is 0 Å². The van der Waals surface area contributed by atoms with Gasteiger partial charge in [-0.15, -0.1) is 0 Å². The van der Waals surface area contributed by atoms with E-state index in [0.717, 1.165) is 52.6 Å². The van der Waals surface area contributed by atoms with E-state index in [1.807, 2.05) is 27.4 Å². The lowest BCUT2D eigenvalue weighted by Crippen LogP contribution is -2.22. The molecule has 6 nitrogen and oxygen atoms in total. The number of imidazole rings is 1. The predicted octanol–water partition coefficient (Wildman–Crippen LogP) is 6.07. The minimum atomic E-state index is -1.19. The third-order valence-electron chi connectivity index (χ3n) is 6.19. The number of aromatic nitrogens is 4. The van der Waals surface area contributed by atoms with Gasteiger partial charge in [0.2, 0.25) is 0 Å². The van der Waals surface area contributed by atoms with Gasteiger partial charge < -0.3 is 4.74 Å². The van der Waals surface area contributed by atoms with Crippen molar-refractivity contribution in [3.63, 3.8) is 0 Å². The SMILES string of the molecule is C[Si](C)(C)CCOCn1nc(-c2ccc(F)cc2)c(-c2ccc3ncc(C#N)n3c2)c1C1CC1. The van der Waals surface area contributed by atoms with Crippen LogP contribution in [0.2, 0.25) is 25.7 Å². The van der Waals surface area contributed by atoms with Crippen LogP contribution in [-0.4, -0.2) is 33.8 Å². The first-order chi connectivity index (χ1) is 16.3. The van der Waals surface area contributed by atoms with Crippen molar-refractivity contribution >= 4 is 13.7 Å². The van der Waals surface area contributed by atoms with Crippen LogP contribution in [0.15, 0.2) is 48.8 Å². The number of nitriles is 1. The highest BCUT2D eigenvalue weighted by molar-refractivity contribution is 6.76. The van der Waals surface area contributed by atoms with Crippen molar-refractivity contribution < 1.29 is 9.13 Å². The van der Waals surface area contributed by atoms with Gasteiger partial charge in [0, 0.05) is 43.5 Å². The zero-order valence-electron chi connectivity index (χ0n) is 19.8. The number of halogens is 1. The Morgan fingerprint density at radius 2 is 1.85 bits per heavy atom. The van der Waals surface area contributed by atoms with E-state index in [0.29, 0.717) is 24.9 Å². The molecule has 1 fully saturated rings. The molecular formula is C26H28FN5OSi. The van der Waals surface area contributed by atoms with E-state index in [1.54, 1.807) is 18.3 Å². The van der Waals surface area contributed by atoms with Crippen LogP contribution in [0.5, 0.6) is 0 Å². The molecule has 0 atom stereocenters. The molecule has 0 spiro atoms. The molecule has 34 heavy (non-hydrogen) atoms. The fraction of sp³-hybridized carbons (Fsp3) is 0.346. The molecule has 0 radical (unpaired) electrons. The normalized spacial score (nSPS) is 14.0. The summed E-state index contributed by atoms with van der Waals surface area (Å²) >= 11 is 0. The van der Waals surface area contributed by atoms with Gasteiger partial charge >= 0.3 is 0 Å². The van der Waals surface area contributed by atoms with E-state index in [9.17, 15) is 9.65 Å². The minimum Gasteiger partial charge on any atom is -0.360 e. The topological polar surface area (TPSA) is 68.1 Å². The van der Waals surface area contributed by atoms with Gasteiger partial charge in [-0.05, 0) is 55.3 Å². The summed E-state index contributed by atoms with van der Waals surface area (Å²) in [5.74, 6) is 0.131. The first-order valence-corrected chi connectivity index (χ1v) is 15.4. The van der Waals surface area contributed by atoms with E-state index in [4.69, 9.17) is 9.84 Å². The Morgan fingerprint density at radius 1 is 1.12 bits per heavy atom. The number of hydrogen-bond acceptors (Lipinski definition) is 4. The van der Waals surface area contributed by atoms with Crippen molar-refractivity contribution in [3.05, 3.63) is 66.0 Å². The van der Waals surface area contributed by atoms with Gasteiger partial charge in [-0.1, -0.05) is 19.6 Å². The average Bonchev–Trinajstić information content (AvgIpc) is 3.45. The van der Waals surface area contributed by atoms with Gasteiger partial charge in [0.15, 0.2) is 0 Å². The third-order valence-corrected chi connectivity index (χ3v) is 7.90. The molecule has 1 aliphatic rings. The van der Waals surface area contributed by atoms with Crippen LogP contribution in [0, 0.1) is 17.1 Å². The molecule has 4 aromatic rings. The van der Waals surface area contributed by atoms with E-state index in [-0.39, 0.29) is 5.82 Å². The smallest absolute Gasteiger partial charge is 0.144 e. The lowest BCUT2D eigenvalue weighted by molar-refractivity contribution is 0.0767.